The largest absolute Gasteiger partial charge is 0.493 e. The molecule has 0 aliphatic heterocycles. The summed E-state index contributed by atoms with van der Waals surface area (Å²) >= 11 is 0. The number of likely N-dealkylation sites (N-methyl/N-ethyl adjacent to an activating group) is 1. The van der Waals surface area contributed by atoms with Crippen LogP contribution in [0.3, 0.4) is 0 Å². The van der Waals surface area contributed by atoms with E-state index < -0.39 is 0 Å². The fourth-order valence-electron chi connectivity index (χ4n) is 3.77. The van der Waals surface area contributed by atoms with E-state index in [1.165, 1.54) is 12.8 Å². The van der Waals surface area contributed by atoms with E-state index in [9.17, 15) is 4.79 Å². The highest BCUT2D eigenvalue weighted by molar-refractivity contribution is 5.80. The van der Waals surface area contributed by atoms with Gasteiger partial charge in [-0.15, -0.1) is 0 Å². The molecule has 0 spiro atoms. The number of quaternary nitrogens is 1. The van der Waals surface area contributed by atoms with Gasteiger partial charge in [0.1, 0.15) is 13.2 Å². The smallest absolute Gasteiger partial charge is 0.278 e. The molecule has 0 saturated heterocycles. The lowest BCUT2D eigenvalue weighted by Crippen LogP contribution is -3.12. The number of hydrogen-bond acceptors (Lipinski definition) is 3. The number of rotatable bonds is 9. The fraction of sp³-hybridized carbons (Fsp3) is 0.458. The molecule has 1 aliphatic rings. The molecule has 1 unspecified atom stereocenters. The molecule has 29 heavy (non-hydrogen) atoms. The Kier molecular flexibility index (Phi) is 7.53. The Hall–Kier alpha value is -2.53. The molecule has 2 aromatic carbocycles. The van der Waals surface area contributed by atoms with Gasteiger partial charge >= 0.3 is 0 Å². The third-order valence-electron chi connectivity index (χ3n) is 5.78. The lowest BCUT2D eigenvalue weighted by molar-refractivity contribution is -0.908. The van der Waals surface area contributed by atoms with Gasteiger partial charge in [-0.3, -0.25) is 4.79 Å². The van der Waals surface area contributed by atoms with Gasteiger partial charge in [0.05, 0.1) is 14.2 Å². The Morgan fingerprint density at radius 1 is 1.10 bits per heavy atom. The number of carbonyl (C=O) groups excluding carboxylic acids is 1. The summed E-state index contributed by atoms with van der Waals surface area (Å²) in [7, 11) is 3.72. The fourth-order valence-corrected chi connectivity index (χ4v) is 3.77. The van der Waals surface area contributed by atoms with Crippen molar-refractivity contribution in [1.82, 2.24) is 5.32 Å². The molecule has 0 heterocycles. The van der Waals surface area contributed by atoms with Gasteiger partial charge in [0.15, 0.2) is 17.5 Å². The first-order valence-electron chi connectivity index (χ1n) is 10.5. The minimum atomic E-state index is -0.101. The van der Waals surface area contributed by atoms with Gasteiger partial charge in [0.25, 0.3) is 5.91 Å². The van der Waals surface area contributed by atoms with Crippen molar-refractivity contribution in [2.45, 2.75) is 57.8 Å². The first-order valence-corrected chi connectivity index (χ1v) is 10.5. The van der Waals surface area contributed by atoms with Gasteiger partial charge < -0.3 is 19.7 Å². The van der Waals surface area contributed by atoms with Crippen molar-refractivity contribution >= 4 is 5.91 Å². The van der Waals surface area contributed by atoms with E-state index in [0.717, 1.165) is 41.2 Å². The second-order valence-corrected chi connectivity index (χ2v) is 7.99. The lowest BCUT2D eigenvalue weighted by atomic mass is 10.1. The van der Waals surface area contributed by atoms with Crippen molar-refractivity contribution in [2.75, 3.05) is 14.2 Å². The zero-order chi connectivity index (χ0) is 20.6. The van der Waals surface area contributed by atoms with Gasteiger partial charge in [-0.1, -0.05) is 43.2 Å². The summed E-state index contributed by atoms with van der Waals surface area (Å²) in [6, 6.07) is 16.3. The Morgan fingerprint density at radius 3 is 2.52 bits per heavy atom. The van der Waals surface area contributed by atoms with Crippen LogP contribution in [-0.4, -0.2) is 32.1 Å². The predicted octanol–water partition coefficient (Wildman–Crippen LogP) is 2.74. The quantitative estimate of drug-likeness (QED) is 0.684. The van der Waals surface area contributed by atoms with Crippen LogP contribution >= 0.6 is 0 Å². The maximum atomic E-state index is 12.6. The van der Waals surface area contributed by atoms with Gasteiger partial charge in [0.2, 0.25) is 0 Å². The molecule has 1 amide bonds. The minimum absolute atomic E-state index is 0.101. The van der Waals surface area contributed by atoms with E-state index in [4.69, 9.17) is 9.47 Å². The Bertz CT molecular complexity index is 788. The highest BCUT2D eigenvalue weighted by Gasteiger charge is 2.26. The van der Waals surface area contributed by atoms with Crippen LogP contribution in [0.1, 0.15) is 43.7 Å². The van der Waals surface area contributed by atoms with E-state index in [2.05, 4.69) is 12.4 Å². The van der Waals surface area contributed by atoms with Crippen molar-refractivity contribution in [2.24, 2.45) is 0 Å². The second-order valence-electron chi connectivity index (χ2n) is 7.99. The Labute approximate surface area is 174 Å². The van der Waals surface area contributed by atoms with Crippen LogP contribution in [0.5, 0.6) is 11.5 Å². The summed E-state index contributed by atoms with van der Waals surface area (Å²) in [6.45, 7) is 3.24. The topological polar surface area (TPSA) is 52.0 Å². The summed E-state index contributed by atoms with van der Waals surface area (Å²) < 4.78 is 11.5. The number of benzene rings is 2. The number of amides is 1. The molecule has 1 fully saturated rings. The molecule has 0 aromatic heterocycles. The Balaban J connectivity index is 1.57. The summed E-state index contributed by atoms with van der Waals surface area (Å²) in [4.78, 5) is 13.7. The first-order chi connectivity index (χ1) is 14.1. The minimum Gasteiger partial charge on any atom is -0.493 e. The summed E-state index contributed by atoms with van der Waals surface area (Å²) in [5, 5.41) is 3.20. The third kappa shape index (κ3) is 5.97. The number of hydrogen-bond donors (Lipinski definition) is 2. The van der Waals surface area contributed by atoms with Gasteiger partial charge in [0, 0.05) is 11.6 Å². The molecular formula is C24H33N2O3+. The molecule has 5 heteroatoms. The highest BCUT2D eigenvalue weighted by Crippen LogP contribution is 2.28. The molecular weight excluding hydrogens is 364 g/mol. The zero-order valence-electron chi connectivity index (χ0n) is 17.7. The average molecular weight is 398 g/mol. The van der Waals surface area contributed by atoms with E-state index in [1.807, 2.05) is 55.5 Å². The van der Waals surface area contributed by atoms with Crippen LogP contribution in [0.15, 0.2) is 48.5 Å². The van der Waals surface area contributed by atoms with Crippen LogP contribution in [0.4, 0.5) is 0 Å². The van der Waals surface area contributed by atoms with E-state index in [-0.39, 0.29) is 11.9 Å². The van der Waals surface area contributed by atoms with Crippen molar-refractivity contribution < 1.29 is 19.2 Å². The highest BCUT2D eigenvalue weighted by atomic mass is 16.5. The number of ether oxygens (including phenoxy) is 2. The standard InChI is InChI=1S/C24H32N2O3/c1-18(24(27)25-21-11-7-8-12-21)26(2)16-20-13-14-22(23(15-20)28-3)29-17-19-9-5-4-6-10-19/h4-6,9-10,13-15,18,21H,7-8,11-12,16-17H2,1-3H3,(H,25,27)/p+1/t18-/m1/s1. The monoisotopic (exact) mass is 397 g/mol. The molecule has 156 valence electrons. The van der Waals surface area contributed by atoms with Crippen molar-refractivity contribution in [3.05, 3.63) is 59.7 Å². The van der Waals surface area contributed by atoms with Gasteiger partial charge in [-0.05, 0) is 43.5 Å². The Morgan fingerprint density at radius 2 is 1.83 bits per heavy atom. The van der Waals surface area contributed by atoms with Crippen molar-refractivity contribution in [3.8, 4) is 11.5 Å². The van der Waals surface area contributed by atoms with E-state index >= 15 is 0 Å². The number of carbonyl (C=O) groups is 1. The first kappa shape index (κ1) is 21.2. The average Bonchev–Trinajstić information content (AvgIpc) is 3.25. The molecule has 2 atom stereocenters. The zero-order valence-corrected chi connectivity index (χ0v) is 17.7. The SMILES string of the molecule is COc1cc(C[NH+](C)[C@H](C)C(=O)NC2CCCC2)ccc1OCc1ccccc1. The molecule has 0 bridgehead atoms. The normalized spacial score (nSPS) is 16.2. The van der Waals surface area contributed by atoms with Crippen LogP contribution in [0.2, 0.25) is 0 Å². The molecule has 5 nitrogen and oxygen atoms in total. The number of nitrogens with one attached hydrogen (secondary N) is 2. The predicted molar refractivity (Wildman–Crippen MR) is 114 cm³/mol. The molecule has 3 rings (SSSR count). The maximum Gasteiger partial charge on any atom is 0.278 e. The summed E-state index contributed by atoms with van der Waals surface area (Å²) in [6.07, 6.45) is 4.67. The summed E-state index contributed by atoms with van der Waals surface area (Å²) in [5.41, 5.74) is 2.23. The molecule has 2 N–H and O–H groups in total. The van der Waals surface area contributed by atoms with Gasteiger partial charge in [-0.25, -0.2) is 0 Å². The van der Waals surface area contributed by atoms with E-state index in [0.29, 0.717) is 18.4 Å². The van der Waals surface area contributed by atoms with Crippen LogP contribution in [-0.2, 0) is 17.9 Å². The second kappa shape index (κ2) is 10.3. The lowest BCUT2D eigenvalue weighted by Gasteiger charge is -2.23. The summed E-state index contributed by atoms with van der Waals surface area (Å²) in [5.74, 6) is 1.59. The molecule has 0 radical (unpaired) electrons. The van der Waals surface area contributed by atoms with Crippen LogP contribution in [0, 0.1) is 0 Å². The van der Waals surface area contributed by atoms with Crippen molar-refractivity contribution in [1.29, 1.82) is 0 Å². The van der Waals surface area contributed by atoms with E-state index in [1.54, 1.807) is 7.11 Å². The van der Waals surface area contributed by atoms with Crippen LogP contribution < -0.4 is 19.7 Å². The third-order valence-corrected chi connectivity index (χ3v) is 5.78. The molecule has 1 saturated carbocycles. The molecule has 2 aromatic rings. The number of methoxy groups -OCH3 is 1. The van der Waals surface area contributed by atoms with Gasteiger partial charge in [-0.2, -0.15) is 0 Å². The molecule has 1 aliphatic carbocycles. The van der Waals surface area contributed by atoms with Crippen LogP contribution in [0.25, 0.3) is 0 Å². The van der Waals surface area contributed by atoms with Crippen molar-refractivity contribution in [3.63, 3.8) is 0 Å². The maximum absolute atomic E-state index is 12.6.